The van der Waals surface area contributed by atoms with Gasteiger partial charge in [-0.25, -0.2) is 0 Å². The molecular weight excluding hydrogens is 295 g/mol. The number of rotatable bonds is 7. The van der Waals surface area contributed by atoms with Crippen LogP contribution < -0.4 is 0 Å². The van der Waals surface area contributed by atoms with Crippen molar-refractivity contribution in [3.8, 4) is 0 Å². The highest BCUT2D eigenvalue weighted by Crippen LogP contribution is 2.29. The van der Waals surface area contributed by atoms with E-state index in [4.69, 9.17) is 48.1 Å². The summed E-state index contributed by atoms with van der Waals surface area (Å²) in [6.07, 6.45) is 0.649. The van der Waals surface area contributed by atoms with Gasteiger partial charge < -0.3 is 13.3 Å². The summed E-state index contributed by atoms with van der Waals surface area (Å²) in [4.78, 5) is 11.3. The molecule has 0 saturated heterocycles. The molecule has 0 unspecified atom stereocenters. The average Bonchev–Trinajstić information content (AvgIpc) is 2.23. The van der Waals surface area contributed by atoms with Crippen molar-refractivity contribution in [3.05, 3.63) is 0 Å². The van der Waals surface area contributed by atoms with Crippen LogP contribution >= 0.6 is 34.8 Å². The lowest BCUT2D eigenvalue weighted by molar-refractivity contribution is -0.118. The predicted molar refractivity (Wildman–Crippen MR) is 66.1 cm³/mol. The Morgan fingerprint density at radius 1 is 1.12 bits per heavy atom. The fourth-order valence-corrected chi connectivity index (χ4v) is 3.17. The number of halogens is 3. The van der Waals surface area contributed by atoms with Crippen molar-refractivity contribution >= 4 is 49.4 Å². The van der Waals surface area contributed by atoms with Gasteiger partial charge in [0.15, 0.2) is 5.78 Å². The first kappa shape index (κ1) is 16.6. The van der Waals surface area contributed by atoms with Crippen molar-refractivity contribution in [1.82, 2.24) is 0 Å². The predicted octanol–water partition coefficient (Wildman–Crippen LogP) is 2.58. The zero-order chi connectivity index (χ0) is 12.8. The summed E-state index contributed by atoms with van der Waals surface area (Å²) in [5.74, 6) is -0.441. The van der Waals surface area contributed by atoms with Gasteiger partial charge in [-0.1, -0.05) is 34.8 Å². The van der Waals surface area contributed by atoms with Gasteiger partial charge in [-0.05, 0) is 6.42 Å². The van der Waals surface area contributed by atoms with E-state index in [1.807, 2.05) is 0 Å². The molecule has 0 N–H and O–H groups in total. The molecule has 0 rings (SSSR count). The third kappa shape index (κ3) is 5.31. The number of carbonyl (C=O) groups excluding carboxylic acids is 1. The zero-order valence-electron chi connectivity index (χ0n) is 9.39. The van der Waals surface area contributed by atoms with E-state index in [9.17, 15) is 4.79 Å². The first-order valence-electron chi connectivity index (χ1n) is 4.57. The van der Waals surface area contributed by atoms with Gasteiger partial charge in [-0.15, -0.1) is 0 Å². The van der Waals surface area contributed by atoms with Gasteiger partial charge in [-0.2, -0.15) is 0 Å². The highest BCUT2D eigenvalue weighted by Gasteiger charge is 2.38. The first-order chi connectivity index (χ1) is 7.31. The van der Waals surface area contributed by atoms with Crippen molar-refractivity contribution < 1.29 is 18.1 Å². The molecule has 0 saturated carbocycles. The van der Waals surface area contributed by atoms with Crippen molar-refractivity contribution in [1.29, 1.82) is 0 Å². The number of Topliss-reactive ketones (excluding diaryl/α,β-unsaturated/α-hetero) is 1. The molecule has 96 valence electrons. The van der Waals surface area contributed by atoms with Gasteiger partial charge in [0.05, 0.1) is 0 Å². The van der Waals surface area contributed by atoms with Gasteiger partial charge in [0, 0.05) is 33.8 Å². The Hall–Kier alpha value is 0.637. The van der Waals surface area contributed by atoms with Crippen LogP contribution in [0.15, 0.2) is 0 Å². The van der Waals surface area contributed by atoms with E-state index in [1.54, 1.807) is 0 Å². The monoisotopic (exact) mass is 308 g/mol. The Bertz CT molecular complexity index is 220. The smallest absolute Gasteiger partial charge is 0.377 e. The minimum absolute atomic E-state index is 0.154. The Labute approximate surface area is 111 Å². The Kier molecular flexibility index (Phi) is 7.44. The maximum atomic E-state index is 11.3. The van der Waals surface area contributed by atoms with Gasteiger partial charge >= 0.3 is 8.80 Å². The molecule has 0 atom stereocenters. The summed E-state index contributed by atoms with van der Waals surface area (Å²) >= 11 is 16.3. The fraction of sp³-hybridized carbons (Fsp3) is 0.875. The topological polar surface area (TPSA) is 44.8 Å². The van der Waals surface area contributed by atoms with Crippen molar-refractivity contribution in [2.45, 2.75) is 22.7 Å². The second kappa shape index (κ2) is 7.16. The number of alkyl halides is 3. The SMILES string of the molecule is CO[Si](CCCC(=O)C(Cl)(Cl)Cl)(OC)OC. The number of carbonyl (C=O) groups is 1. The van der Waals surface area contributed by atoms with Gasteiger partial charge in [0.2, 0.25) is 3.79 Å². The van der Waals surface area contributed by atoms with E-state index in [1.165, 1.54) is 21.3 Å². The van der Waals surface area contributed by atoms with E-state index in [0.29, 0.717) is 12.5 Å². The summed E-state index contributed by atoms with van der Waals surface area (Å²) in [6.45, 7) is 0. The Morgan fingerprint density at radius 2 is 1.56 bits per heavy atom. The second-order valence-corrected chi connectivity index (χ2v) is 8.44. The number of hydrogen-bond donors (Lipinski definition) is 0. The molecule has 0 aromatic carbocycles. The van der Waals surface area contributed by atoms with Crippen LogP contribution in [0.5, 0.6) is 0 Å². The lowest BCUT2D eigenvalue weighted by atomic mass is 10.2. The molecule has 0 radical (unpaired) electrons. The summed E-state index contributed by atoms with van der Waals surface area (Å²) < 4.78 is 13.7. The van der Waals surface area contributed by atoms with Crippen molar-refractivity contribution in [2.75, 3.05) is 21.3 Å². The molecule has 0 heterocycles. The lowest BCUT2D eigenvalue weighted by Crippen LogP contribution is -2.42. The van der Waals surface area contributed by atoms with E-state index < -0.39 is 18.4 Å². The highest BCUT2D eigenvalue weighted by molar-refractivity contribution is 6.76. The Morgan fingerprint density at radius 3 is 1.88 bits per heavy atom. The minimum Gasteiger partial charge on any atom is -0.377 e. The molecule has 0 spiro atoms. The molecule has 8 heteroatoms. The molecular formula is C8H15Cl3O4Si. The standard InChI is InChI=1S/C8H15Cl3O4Si/c1-13-16(14-2,15-3)6-4-5-7(12)8(9,10)11/h4-6H2,1-3H3. The largest absolute Gasteiger partial charge is 0.500 e. The van der Waals surface area contributed by atoms with Crippen molar-refractivity contribution in [3.63, 3.8) is 0 Å². The number of ketones is 1. The van der Waals surface area contributed by atoms with Gasteiger partial charge in [0.25, 0.3) is 0 Å². The van der Waals surface area contributed by atoms with E-state index >= 15 is 0 Å². The number of hydrogen-bond acceptors (Lipinski definition) is 4. The molecule has 0 bridgehead atoms. The molecule has 16 heavy (non-hydrogen) atoms. The molecule has 0 aliphatic carbocycles. The van der Waals surface area contributed by atoms with Crippen LogP contribution in [0.4, 0.5) is 0 Å². The van der Waals surface area contributed by atoms with Crippen LogP contribution in [0.1, 0.15) is 12.8 Å². The van der Waals surface area contributed by atoms with Crippen LogP contribution in [-0.2, 0) is 18.1 Å². The van der Waals surface area contributed by atoms with Crippen molar-refractivity contribution in [2.24, 2.45) is 0 Å². The van der Waals surface area contributed by atoms with Crippen LogP contribution in [0, 0.1) is 0 Å². The quantitative estimate of drug-likeness (QED) is 0.535. The second-order valence-electron chi connectivity index (χ2n) is 3.07. The third-order valence-corrected chi connectivity index (χ3v) is 5.60. The minimum atomic E-state index is -2.62. The summed E-state index contributed by atoms with van der Waals surface area (Å²) in [5.41, 5.74) is 0. The maximum Gasteiger partial charge on any atom is 0.500 e. The molecule has 0 aromatic heterocycles. The highest BCUT2D eigenvalue weighted by atomic mass is 35.6. The molecule has 0 aliphatic heterocycles. The molecule has 0 amide bonds. The normalized spacial score (nSPS) is 12.9. The molecule has 4 nitrogen and oxygen atoms in total. The van der Waals surface area contributed by atoms with E-state index in [2.05, 4.69) is 0 Å². The van der Waals surface area contributed by atoms with Crippen LogP contribution in [-0.4, -0.2) is 39.7 Å². The van der Waals surface area contributed by atoms with E-state index in [0.717, 1.165) is 0 Å². The summed E-state index contributed by atoms with van der Waals surface area (Å²) in [5, 5.41) is 0. The molecule has 0 aliphatic rings. The van der Waals surface area contributed by atoms with Crippen LogP contribution in [0.2, 0.25) is 6.04 Å². The summed E-state index contributed by atoms with van der Waals surface area (Å²) in [7, 11) is 1.90. The first-order valence-corrected chi connectivity index (χ1v) is 7.63. The molecule has 0 fully saturated rings. The van der Waals surface area contributed by atoms with Gasteiger partial charge in [-0.3, -0.25) is 4.79 Å². The maximum absolute atomic E-state index is 11.3. The summed E-state index contributed by atoms with van der Waals surface area (Å²) in [6, 6.07) is 0.503. The lowest BCUT2D eigenvalue weighted by Gasteiger charge is -2.24. The molecule has 0 aromatic rings. The van der Waals surface area contributed by atoms with Crippen LogP contribution in [0.3, 0.4) is 0 Å². The third-order valence-electron chi connectivity index (χ3n) is 2.14. The average molecular weight is 310 g/mol. The Balaban J connectivity index is 4.11. The zero-order valence-corrected chi connectivity index (χ0v) is 12.7. The van der Waals surface area contributed by atoms with Gasteiger partial charge in [0.1, 0.15) is 0 Å². The van der Waals surface area contributed by atoms with E-state index in [-0.39, 0.29) is 6.42 Å². The fourth-order valence-electron chi connectivity index (χ4n) is 1.16. The van der Waals surface area contributed by atoms with Crippen LogP contribution in [0.25, 0.3) is 0 Å².